The van der Waals surface area contributed by atoms with Gasteiger partial charge in [0.2, 0.25) is 0 Å². The standard InChI is InChI=1S/C23H17N3O2/c27-23-22-19(21(25-26-22)15-8-3-1-4-9-15)20(24-23)16-10-7-13-18(14-16)28-17-11-5-2-6-12-17/h1-14,20H,(H,24,27)(H,25,26). The molecule has 2 heterocycles. The van der Waals surface area contributed by atoms with E-state index in [1.165, 1.54) is 0 Å². The largest absolute Gasteiger partial charge is 0.457 e. The SMILES string of the molecule is O=C1NC(c2cccc(Oc3ccccc3)c2)c2c(-c3ccccc3)n[nH]c21. The number of aromatic amines is 1. The Kier molecular flexibility index (Phi) is 3.91. The molecule has 5 rings (SSSR count). The number of amides is 1. The zero-order valence-electron chi connectivity index (χ0n) is 14.9. The summed E-state index contributed by atoms with van der Waals surface area (Å²) in [5, 5.41) is 10.4. The molecule has 28 heavy (non-hydrogen) atoms. The lowest BCUT2D eigenvalue weighted by Crippen LogP contribution is -2.21. The van der Waals surface area contributed by atoms with Gasteiger partial charge >= 0.3 is 0 Å². The van der Waals surface area contributed by atoms with Crippen molar-refractivity contribution in [2.45, 2.75) is 6.04 Å². The second-order valence-corrected chi connectivity index (χ2v) is 6.62. The predicted octanol–water partition coefficient (Wildman–Crippen LogP) is 4.70. The molecule has 5 nitrogen and oxygen atoms in total. The Bertz CT molecular complexity index is 1140. The maximum Gasteiger partial charge on any atom is 0.270 e. The first-order valence-electron chi connectivity index (χ1n) is 9.07. The average molecular weight is 367 g/mol. The molecule has 0 saturated carbocycles. The van der Waals surface area contributed by atoms with Gasteiger partial charge in [-0.25, -0.2) is 0 Å². The number of fused-ring (bicyclic) bond motifs is 1. The van der Waals surface area contributed by atoms with Gasteiger partial charge in [-0.1, -0.05) is 60.7 Å². The van der Waals surface area contributed by atoms with Crippen molar-refractivity contribution in [3.05, 3.63) is 102 Å². The minimum atomic E-state index is -0.282. The maximum atomic E-state index is 12.5. The van der Waals surface area contributed by atoms with Crippen LogP contribution in [-0.4, -0.2) is 16.1 Å². The van der Waals surface area contributed by atoms with Crippen LogP contribution in [-0.2, 0) is 0 Å². The second-order valence-electron chi connectivity index (χ2n) is 6.62. The molecule has 1 amide bonds. The van der Waals surface area contributed by atoms with Crippen LogP contribution >= 0.6 is 0 Å². The van der Waals surface area contributed by atoms with E-state index in [2.05, 4.69) is 15.5 Å². The number of rotatable bonds is 4. The minimum Gasteiger partial charge on any atom is -0.457 e. The monoisotopic (exact) mass is 367 g/mol. The predicted molar refractivity (Wildman–Crippen MR) is 106 cm³/mol. The molecule has 1 atom stereocenters. The van der Waals surface area contributed by atoms with Crippen molar-refractivity contribution in [1.82, 2.24) is 15.5 Å². The number of aromatic nitrogens is 2. The van der Waals surface area contributed by atoms with Crippen LogP contribution < -0.4 is 10.1 Å². The number of nitrogens with one attached hydrogen (secondary N) is 2. The Hall–Kier alpha value is -3.86. The highest BCUT2D eigenvalue weighted by molar-refractivity contribution is 6.00. The third-order valence-corrected chi connectivity index (χ3v) is 4.81. The summed E-state index contributed by atoms with van der Waals surface area (Å²) in [5.41, 5.74) is 4.08. The van der Waals surface area contributed by atoms with Crippen molar-refractivity contribution in [3.63, 3.8) is 0 Å². The average Bonchev–Trinajstić information content (AvgIpc) is 3.31. The van der Waals surface area contributed by atoms with Crippen molar-refractivity contribution in [1.29, 1.82) is 0 Å². The van der Waals surface area contributed by atoms with Crippen LogP contribution in [0.4, 0.5) is 0 Å². The second kappa shape index (κ2) is 6.70. The molecule has 0 bridgehead atoms. The molecular formula is C23H17N3O2. The first kappa shape index (κ1) is 16.3. The zero-order valence-corrected chi connectivity index (χ0v) is 14.9. The number of hydrogen-bond donors (Lipinski definition) is 2. The third-order valence-electron chi connectivity index (χ3n) is 4.81. The van der Waals surface area contributed by atoms with Crippen molar-refractivity contribution < 1.29 is 9.53 Å². The van der Waals surface area contributed by atoms with E-state index in [1.807, 2.05) is 84.9 Å². The third kappa shape index (κ3) is 2.83. The molecule has 0 spiro atoms. The Morgan fingerprint density at radius 1 is 0.821 bits per heavy atom. The van der Waals surface area contributed by atoms with Gasteiger partial charge in [0.25, 0.3) is 5.91 Å². The van der Waals surface area contributed by atoms with Gasteiger partial charge in [0.15, 0.2) is 0 Å². The molecule has 0 radical (unpaired) electrons. The van der Waals surface area contributed by atoms with E-state index in [9.17, 15) is 4.79 Å². The highest BCUT2D eigenvalue weighted by atomic mass is 16.5. The Balaban J connectivity index is 1.53. The fraction of sp³-hybridized carbons (Fsp3) is 0.0435. The van der Waals surface area contributed by atoms with E-state index in [0.717, 1.165) is 33.9 Å². The molecule has 0 fully saturated rings. The smallest absolute Gasteiger partial charge is 0.270 e. The first-order chi connectivity index (χ1) is 13.8. The summed E-state index contributed by atoms with van der Waals surface area (Å²) >= 11 is 0. The van der Waals surface area contributed by atoms with Crippen LogP contribution in [0.25, 0.3) is 11.3 Å². The first-order valence-corrected chi connectivity index (χ1v) is 9.07. The Morgan fingerprint density at radius 2 is 1.54 bits per heavy atom. The molecule has 2 N–H and O–H groups in total. The van der Waals surface area contributed by atoms with Gasteiger partial charge in [-0.3, -0.25) is 9.89 Å². The number of para-hydroxylation sites is 1. The number of hydrogen-bond acceptors (Lipinski definition) is 3. The lowest BCUT2D eigenvalue weighted by molar-refractivity contribution is 0.0955. The fourth-order valence-corrected chi connectivity index (χ4v) is 3.53. The summed E-state index contributed by atoms with van der Waals surface area (Å²) in [6, 6.07) is 27.0. The number of H-pyrrole nitrogens is 1. The maximum absolute atomic E-state index is 12.5. The van der Waals surface area contributed by atoms with Gasteiger partial charge in [0, 0.05) is 11.1 Å². The summed E-state index contributed by atoms with van der Waals surface area (Å²) in [7, 11) is 0. The summed E-state index contributed by atoms with van der Waals surface area (Å²) in [6.07, 6.45) is 0. The van der Waals surface area contributed by atoms with E-state index in [0.29, 0.717) is 5.69 Å². The summed E-state index contributed by atoms with van der Waals surface area (Å²) < 4.78 is 5.95. The number of carbonyl (C=O) groups is 1. The van der Waals surface area contributed by atoms with Gasteiger partial charge in [0.05, 0.1) is 11.7 Å². The molecule has 1 aliphatic heterocycles. The highest BCUT2D eigenvalue weighted by Crippen LogP contribution is 2.38. The fourth-order valence-electron chi connectivity index (χ4n) is 3.53. The number of benzene rings is 3. The zero-order chi connectivity index (χ0) is 18.9. The van der Waals surface area contributed by atoms with Crippen molar-refractivity contribution in [3.8, 4) is 22.8 Å². The van der Waals surface area contributed by atoms with Crippen LogP contribution in [0.1, 0.15) is 27.7 Å². The summed E-state index contributed by atoms with van der Waals surface area (Å²) in [5.74, 6) is 1.34. The number of carbonyl (C=O) groups excluding carboxylic acids is 1. The molecule has 4 aromatic rings. The summed E-state index contributed by atoms with van der Waals surface area (Å²) in [4.78, 5) is 12.5. The van der Waals surface area contributed by atoms with Crippen molar-refractivity contribution in [2.75, 3.05) is 0 Å². The van der Waals surface area contributed by atoms with Crippen LogP contribution in [0.2, 0.25) is 0 Å². The minimum absolute atomic E-state index is 0.149. The van der Waals surface area contributed by atoms with Gasteiger partial charge in [-0.15, -0.1) is 0 Å². The molecule has 0 aliphatic carbocycles. The highest BCUT2D eigenvalue weighted by Gasteiger charge is 2.35. The van der Waals surface area contributed by atoms with Gasteiger partial charge in [-0.2, -0.15) is 5.10 Å². The van der Waals surface area contributed by atoms with E-state index >= 15 is 0 Å². The number of nitrogens with zero attached hydrogens (tertiary/aromatic N) is 1. The normalized spacial score (nSPS) is 15.1. The van der Waals surface area contributed by atoms with Gasteiger partial charge < -0.3 is 10.1 Å². The van der Waals surface area contributed by atoms with Gasteiger partial charge in [-0.05, 0) is 29.8 Å². The topological polar surface area (TPSA) is 67.0 Å². The quantitative estimate of drug-likeness (QED) is 0.549. The molecule has 0 saturated heterocycles. The Morgan fingerprint density at radius 3 is 2.32 bits per heavy atom. The van der Waals surface area contributed by atoms with E-state index < -0.39 is 0 Å². The van der Waals surface area contributed by atoms with Crippen LogP contribution in [0.15, 0.2) is 84.9 Å². The summed E-state index contributed by atoms with van der Waals surface area (Å²) in [6.45, 7) is 0. The van der Waals surface area contributed by atoms with Crippen LogP contribution in [0.5, 0.6) is 11.5 Å². The molecule has 136 valence electrons. The molecule has 1 unspecified atom stereocenters. The lowest BCUT2D eigenvalue weighted by atomic mass is 9.96. The molecule has 1 aromatic heterocycles. The van der Waals surface area contributed by atoms with E-state index in [-0.39, 0.29) is 11.9 Å². The number of ether oxygens (including phenoxy) is 1. The van der Waals surface area contributed by atoms with Gasteiger partial charge in [0.1, 0.15) is 17.2 Å². The molecule has 3 aromatic carbocycles. The molecule has 1 aliphatic rings. The van der Waals surface area contributed by atoms with Crippen molar-refractivity contribution in [2.24, 2.45) is 0 Å². The van der Waals surface area contributed by atoms with E-state index in [4.69, 9.17) is 4.74 Å². The van der Waals surface area contributed by atoms with E-state index in [1.54, 1.807) is 0 Å². The molecular weight excluding hydrogens is 350 g/mol. The van der Waals surface area contributed by atoms with Crippen LogP contribution in [0, 0.1) is 0 Å². The van der Waals surface area contributed by atoms with Crippen LogP contribution in [0.3, 0.4) is 0 Å². The Labute approximate surface area is 162 Å². The van der Waals surface area contributed by atoms with Crippen molar-refractivity contribution >= 4 is 5.91 Å². The lowest BCUT2D eigenvalue weighted by Gasteiger charge is -2.15. The molecule has 5 heteroatoms.